The minimum absolute atomic E-state index is 0.0738. The Bertz CT molecular complexity index is 727. The molecule has 0 aromatic heterocycles. The van der Waals surface area contributed by atoms with Gasteiger partial charge in [-0.15, -0.1) is 0 Å². The van der Waals surface area contributed by atoms with E-state index in [1.807, 2.05) is 6.07 Å². The molecule has 0 aliphatic rings. The molecule has 2 aromatic carbocycles. The second kappa shape index (κ2) is 5.81. The van der Waals surface area contributed by atoms with Crippen LogP contribution in [0.2, 0.25) is 0 Å². The van der Waals surface area contributed by atoms with Crippen molar-refractivity contribution in [3.05, 3.63) is 64.7 Å². The number of halogens is 2. The van der Waals surface area contributed by atoms with Crippen molar-refractivity contribution in [1.82, 2.24) is 0 Å². The van der Waals surface area contributed by atoms with Gasteiger partial charge in [-0.1, -0.05) is 6.07 Å². The third kappa shape index (κ3) is 2.90. The third-order valence-electron chi connectivity index (χ3n) is 2.75. The van der Waals surface area contributed by atoms with E-state index in [2.05, 4.69) is 5.32 Å². The van der Waals surface area contributed by atoms with Gasteiger partial charge >= 0.3 is 0 Å². The molecule has 0 aliphatic carbocycles. The number of nitriles is 2. The fourth-order valence-corrected chi connectivity index (χ4v) is 1.68. The number of rotatable bonds is 3. The van der Waals surface area contributed by atoms with Gasteiger partial charge in [0.05, 0.1) is 17.2 Å². The van der Waals surface area contributed by atoms with E-state index >= 15 is 0 Å². The summed E-state index contributed by atoms with van der Waals surface area (Å²) in [6, 6.07) is 11.8. The van der Waals surface area contributed by atoms with Gasteiger partial charge in [0.1, 0.15) is 17.7 Å². The van der Waals surface area contributed by atoms with Crippen LogP contribution in [0, 0.1) is 34.3 Å². The summed E-state index contributed by atoms with van der Waals surface area (Å²) in [6.07, 6.45) is 0. The second-order valence-electron chi connectivity index (χ2n) is 4.08. The predicted molar refractivity (Wildman–Crippen MR) is 69.6 cm³/mol. The predicted octanol–water partition coefficient (Wildman–Crippen LogP) is 3.32. The number of anilines is 1. The summed E-state index contributed by atoms with van der Waals surface area (Å²) in [5.74, 6) is -1.08. The Hall–Kier alpha value is -2.92. The largest absolute Gasteiger partial charge is 0.381 e. The smallest absolute Gasteiger partial charge is 0.141 e. The molecule has 5 heteroatoms. The monoisotopic (exact) mass is 269 g/mol. The lowest BCUT2D eigenvalue weighted by molar-refractivity contribution is 0.612. The lowest BCUT2D eigenvalue weighted by atomic mass is 10.1. The highest BCUT2D eigenvalue weighted by Crippen LogP contribution is 2.16. The summed E-state index contributed by atoms with van der Waals surface area (Å²) in [5, 5.41) is 20.3. The summed E-state index contributed by atoms with van der Waals surface area (Å²) in [6.45, 7) is 0.175. The van der Waals surface area contributed by atoms with Gasteiger partial charge in [0.15, 0.2) is 0 Å². The van der Waals surface area contributed by atoms with E-state index in [0.29, 0.717) is 11.3 Å². The first-order valence-electron chi connectivity index (χ1n) is 5.76. The maximum absolute atomic E-state index is 13.6. The Morgan fingerprint density at radius 3 is 2.40 bits per heavy atom. The minimum atomic E-state index is -0.595. The van der Waals surface area contributed by atoms with E-state index in [9.17, 15) is 8.78 Å². The number of nitrogens with one attached hydrogen (secondary N) is 1. The molecule has 0 amide bonds. The molecular formula is C15H9F2N3. The Labute approximate surface area is 114 Å². The normalized spacial score (nSPS) is 9.60. The average molecular weight is 269 g/mol. The minimum Gasteiger partial charge on any atom is -0.381 e. The van der Waals surface area contributed by atoms with E-state index in [0.717, 1.165) is 6.07 Å². The first-order chi connectivity index (χ1) is 9.63. The molecule has 2 aromatic rings. The van der Waals surface area contributed by atoms with Gasteiger partial charge in [-0.25, -0.2) is 8.78 Å². The van der Waals surface area contributed by atoms with Gasteiger partial charge in [-0.3, -0.25) is 0 Å². The quantitative estimate of drug-likeness (QED) is 0.929. The van der Waals surface area contributed by atoms with Crippen molar-refractivity contribution >= 4 is 5.69 Å². The number of hydrogen-bond acceptors (Lipinski definition) is 3. The van der Waals surface area contributed by atoms with Crippen LogP contribution in [-0.2, 0) is 6.54 Å². The van der Waals surface area contributed by atoms with Crippen molar-refractivity contribution in [3.8, 4) is 12.1 Å². The Morgan fingerprint density at radius 1 is 0.950 bits per heavy atom. The summed E-state index contributed by atoms with van der Waals surface area (Å²) < 4.78 is 26.8. The van der Waals surface area contributed by atoms with Gasteiger partial charge in [0.2, 0.25) is 0 Å². The standard InChI is InChI=1S/C15H9F2N3/c16-14-4-3-13(6-12(14)8-19)20-9-11-2-1-10(7-18)5-15(11)17/h1-6,20H,9H2. The van der Waals surface area contributed by atoms with Crippen LogP contribution in [0.1, 0.15) is 16.7 Å². The maximum Gasteiger partial charge on any atom is 0.141 e. The van der Waals surface area contributed by atoms with Crippen LogP contribution in [0.5, 0.6) is 0 Å². The van der Waals surface area contributed by atoms with Gasteiger partial charge < -0.3 is 5.32 Å². The maximum atomic E-state index is 13.6. The lowest BCUT2D eigenvalue weighted by Gasteiger charge is -2.08. The Kier molecular flexibility index (Phi) is 3.93. The van der Waals surface area contributed by atoms with E-state index < -0.39 is 11.6 Å². The molecule has 0 bridgehead atoms. The molecule has 20 heavy (non-hydrogen) atoms. The molecule has 2 rings (SSSR count). The van der Waals surface area contributed by atoms with Gasteiger partial charge in [0, 0.05) is 17.8 Å². The molecule has 0 saturated heterocycles. The molecule has 0 fully saturated rings. The molecule has 0 saturated carbocycles. The summed E-state index contributed by atoms with van der Waals surface area (Å²) in [7, 11) is 0. The van der Waals surface area contributed by atoms with Gasteiger partial charge in [-0.05, 0) is 30.3 Å². The fraction of sp³-hybridized carbons (Fsp3) is 0.0667. The fourth-order valence-electron chi connectivity index (χ4n) is 1.68. The molecule has 98 valence electrons. The highest BCUT2D eigenvalue weighted by Gasteiger charge is 2.05. The molecule has 0 unspecified atom stereocenters. The SMILES string of the molecule is N#Cc1ccc(CNc2ccc(F)c(C#N)c2)c(F)c1. The van der Waals surface area contributed by atoms with E-state index in [1.54, 1.807) is 6.07 Å². The van der Waals surface area contributed by atoms with Crippen molar-refractivity contribution < 1.29 is 8.78 Å². The highest BCUT2D eigenvalue weighted by molar-refractivity contribution is 5.50. The van der Waals surface area contributed by atoms with Crippen LogP contribution < -0.4 is 5.32 Å². The summed E-state index contributed by atoms with van der Waals surface area (Å²) in [4.78, 5) is 0. The molecular weight excluding hydrogens is 260 g/mol. The molecule has 0 spiro atoms. The Morgan fingerprint density at radius 2 is 1.75 bits per heavy atom. The van der Waals surface area contributed by atoms with Crippen molar-refractivity contribution in [1.29, 1.82) is 10.5 Å². The Balaban J connectivity index is 2.13. The van der Waals surface area contributed by atoms with Crippen molar-refractivity contribution in [2.24, 2.45) is 0 Å². The number of nitrogens with zero attached hydrogens (tertiary/aromatic N) is 2. The molecule has 0 heterocycles. The average Bonchev–Trinajstić information content (AvgIpc) is 2.47. The third-order valence-corrected chi connectivity index (χ3v) is 2.75. The molecule has 3 nitrogen and oxygen atoms in total. The van der Waals surface area contributed by atoms with Crippen LogP contribution in [0.25, 0.3) is 0 Å². The van der Waals surface area contributed by atoms with Crippen LogP contribution in [0.15, 0.2) is 36.4 Å². The summed E-state index contributed by atoms with van der Waals surface area (Å²) >= 11 is 0. The molecule has 0 atom stereocenters. The van der Waals surface area contributed by atoms with E-state index in [-0.39, 0.29) is 17.7 Å². The number of benzene rings is 2. The van der Waals surface area contributed by atoms with Crippen molar-refractivity contribution in [3.63, 3.8) is 0 Å². The summed E-state index contributed by atoms with van der Waals surface area (Å²) in [5.41, 5.74) is 1.08. The number of hydrogen-bond donors (Lipinski definition) is 1. The van der Waals surface area contributed by atoms with Crippen LogP contribution in [0.3, 0.4) is 0 Å². The van der Waals surface area contributed by atoms with Crippen molar-refractivity contribution in [2.75, 3.05) is 5.32 Å². The topological polar surface area (TPSA) is 59.6 Å². The lowest BCUT2D eigenvalue weighted by Crippen LogP contribution is -2.02. The zero-order valence-corrected chi connectivity index (χ0v) is 10.3. The zero-order valence-electron chi connectivity index (χ0n) is 10.3. The molecule has 0 radical (unpaired) electrons. The van der Waals surface area contributed by atoms with Crippen LogP contribution >= 0.6 is 0 Å². The zero-order chi connectivity index (χ0) is 14.5. The van der Waals surface area contributed by atoms with Crippen molar-refractivity contribution in [2.45, 2.75) is 6.54 Å². The second-order valence-corrected chi connectivity index (χ2v) is 4.08. The van der Waals surface area contributed by atoms with E-state index in [4.69, 9.17) is 10.5 Å². The van der Waals surface area contributed by atoms with Gasteiger partial charge in [-0.2, -0.15) is 10.5 Å². The van der Waals surface area contributed by atoms with Crippen LogP contribution in [0.4, 0.5) is 14.5 Å². The van der Waals surface area contributed by atoms with E-state index in [1.165, 1.54) is 30.3 Å². The first-order valence-corrected chi connectivity index (χ1v) is 5.76. The first kappa shape index (κ1) is 13.5. The highest BCUT2D eigenvalue weighted by atomic mass is 19.1. The van der Waals surface area contributed by atoms with Crippen LogP contribution in [-0.4, -0.2) is 0 Å². The molecule has 1 N–H and O–H groups in total. The van der Waals surface area contributed by atoms with Gasteiger partial charge in [0.25, 0.3) is 0 Å². The molecule has 0 aliphatic heterocycles.